The number of hydrogen-bond acceptors (Lipinski definition) is 5. The lowest BCUT2D eigenvalue weighted by Crippen LogP contribution is -1.89. The van der Waals surface area contributed by atoms with Crippen LogP contribution in [0, 0.1) is 0 Å². The Morgan fingerprint density at radius 2 is 2.20 bits per heavy atom. The maximum Gasteiger partial charge on any atom is 0.176 e. The Bertz CT molecular complexity index is 338. The van der Waals surface area contributed by atoms with Crippen molar-refractivity contribution < 1.29 is 5.11 Å². The number of rotatable bonds is 5. The van der Waals surface area contributed by atoms with E-state index in [9.17, 15) is 0 Å². The quantitative estimate of drug-likeness (QED) is 0.576. The van der Waals surface area contributed by atoms with Crippen molar-refractivity contribution in [1.82, 2.24) is 4.98 Å². The van der Waals surface area contributed by atoms with Crippen LogP contribution in [0.3, 0.4) is 0 Å². The maximum atomic E-state index is 9.13. The van der Waals surface area contributed by atoms with Gasteiger partial charge in [-0.25, -0.2) is 4.98 Å². The number of aromatic nitrogens is 1. The van der Waals surface area contributed by atoms with Gasteiger partial charge in [-0.2, -0.15) is 5.11 Å². The number of nitrogens with two attached hydrogens (primary N) is 1. The summed E-state index contributed by atoms with van der Waals surface area (Å²) in [5.41, 5.74) is 5.41. The van der Waals surface area contributed by atoms with Crippen molar-refractivity contribution in [1.29, 1.82) is 0 Å². The van der Waals surface area contributed by atoms with Crippen LogP contribution in [0.5, 0.6) is 5.75 Å². The molecule has 1 heterocycles. The molecular weight excluding hydrogens is 192 g/mol. The molecule has 1 aromatic heterocycles. The van der Waals surface area contributed by atoms with E-state index in [1.54, 1.807) is 6.07 Å². The molecule has 0 aliphatic rings. The van der Waals surface area contributed by atoms with Gasteiger partial charge < -0.3 is 10.8 Å². The van der Waals surface area contributed by atoms with Gasteiger partial charge in [-0.3, -0.25) is 0 Å². The molecule has 0 spiro atoms. The summed E-state index contributed by atoms with van der Waals surface area (Å²) in [6.07, 6.45) is 3.36. The van der Waals surface area contributed by atoms with Crippen molar-refractivity contribution in [2.75, 3.05) is 12.3 Å². The van der Waals surface area contributed by atoms with E-state index in [1.807, 2.05) is 0 Å². The minimum absolute atomic E-state index is 0.0278. The molecule has 5 nitrogen and oxygen atoms in total. The molecule has 0 aliphatic carbocycles. The molecular formula is C10H16N4O. The highest BCUT2D eigenvalue weighted by atomic mass is 16.3. The molecule has 0 atom stereocenters. The number of hydrogen-bond donors (Lipinski definition) is 2. The highest BCUT2D eigenvalue weighted by molar-refractivity contribution is 5.49. The molecule has 15 heavy (non-hydrogen) atoms. The fourth-order valence-corrected chi connectivity index (χ4v) is 1.07. The zero-order valence-corrected chi connectivity index (χ0v) is 8.85. The molecule has 0 unspecified atom stereocenters. The second-order valence-electron chi connectivity index (χ2n) is 3.25. The van der Waals surface area contributed by atoms with E-state index in [0.29, 0.717) is 12.4 Å². The smallest absolute Gasteiger partial charge is 0.176 e. The van der Waals surface area contributed by atoms with E-state index in [0.717, 1.165) is 12.8 Å². The van der Waals surface area contributed by atoms with E-state index in [2.05, 4.69) is 22.1 Å². The van der Waals surface area contributed by atoms with E-state index in [-0.39, 0.29) is 11.6 Å². The van der Waals surface area contributed by atoms with Crippen molar-refractivity contribution >= 4 is 11.6 Å². The first-order valence-electron chi connectivity index (χ1n) is 5.07. The average Bonchev–Trinajstić information content (AvgIpc) is 2.23. The first kappa shape index (κ1) is 11.4. The van der Waals surface area contributed by atoms with Gasteiger partial charge in [-0.1, -0.05) is 19.8 Å². The van der Waals surface area contributed by atoms with Gasteiger partial charge in [-0.05, 0) is 18.6 Å². The molecule has 3 N–H and O–H groups in total. The minimum atomic E-state index is -0.0278. The first-order valence-corrected chi connectivity index (χ1v) is 5.07. The van der Waals surface area contributed by atoms with Gasteiger partial charge in [0.25, 0.3) is 0 Å². The molecule has 5 heteroatoms. The van der Waals surface area contributed by atoms with Crippen LogP contribution < -0.4 is 5.73 Å². The summed E-state index contributed by atoms with van der Waals surface area (Å²) < 4.78 is 0. The Morgan fingerprint density at radius 3 is 2.87 bits per heavy atom. The molecule has 0 saturated carbocycles. The molecule has 82 valence electrons. The van der Waals surface area contributed by atoms with Crippen molar-refractivity contribution in [3.63, 3.8) is 0 Å². The number of azo groups is 1. The van der Waals surface area contributed by atoms with Crippen LogP contribution in [-0.4, -0.2) is 16.6 Å². The zero-order valence-electron chi connectivity index (χ0n) is 8.85. The highest BCUT2D eigenvalue weighted by Crippen LogP contribution is 2.20. The van der Waals surface area contributed by atoms with Crippen LogP contribution in [0.4, 0.5) is 11.6 Å². The summed E-state index contributed by atoms with van der Waals surface area (Å²) in [5.74, 6) is 0.488. The maximum absolute atomic E-state index is 9.13. The van der Waals surface area contributed by atoms with E-state index in [4.69, 9.17) is 10.8 Å². The summed E-state index contributed by atoms with van der Waals surface area (Å²) in [6.45, 7) is 2.84. The second-order valence-corrected chi connectivity index (χ2v) is 3.25. The largest absolute Gasteiger partial charge is 0.504 e. The molecule has 0 fully saturated rings. The minimum Gasteiger partial charge on any atom is -0.504 e. The van der Waals surface area contributed by atoms with Crippen molar-refractivity contribution in [2.45, 2.75) is 26.2 Å². The van der Waals surface area contributed by atoms with Crippen molar-refractivity contribution in [3.8, 4) is 5.75 Å². The number of anilines is 1. The van der Waals surface area contributed by atoms with Gasteiger partial charge in [0.15, 0.2) is 17.4 Å². The molecule has 0 aliphatic heterocycles. The summed E-state index contributed by atoms with van der Waals surface area (Å²) >= 11 is 0. The first-order chi connectivity index (χ1) is 7.24. The van der Waals surface area contributed by atoms with E-state index >= 15 is 0 Å². The summed E-state index contributed by atoms with van der Waals surface area (Å²) in [5, 5.41) is 17.0. The van der Waals surface area contributed by atoms with Crippen LogP contribution in [0.1, 0.15) is 26.2 Å². The van der Waals surface area contributed by atoms with E-state index < -0.39 is 0 Å². The predicted molar refractivity (Wildman–Crippen MR) is 59.2 cm³/mol. The average molecular weight is 208 g/mol. The van der Waals surface area contributed by atoms with Crippen molar-refractivity contribution in [3.05, 3.63) is 12.1 Å². The highest BCUT2D eigenvalue weighted by Gasteiger charge is 1.98. The number of nitrogens with zero attached hydrogens (tertiary/aromatic N) is 3. The third-order valence-corrected chi connectivity index (χ3v) is 1.92. The molecule has 0 aromatic carbocycles. The van der Waals surface area contributed by atoms with Crippen LogP contribution >= 0.6 is 0 Å². The zero-order chi connectivity index (χ0) is 11.1. The molecule has 0 bridgehead atoms. The van der Waals surface area contributed by atoms with Crippen LogP contribution in [0.25, 0.3) is 0 Å². The van der Waals surface area contributed by atoms with E-state index in [1.165, 1.54) is 12.5 Å². The third kappa shape index (κ3) is 3.93. The van der Waals surface area contributed by atoms with Gasteiger partial charge in [0, 0.05) is 0 Å². The molecule has 1 aromatic rings. The summed E-state index contributed by atoms with van der Waals surface area (Å²) in [4.78, 5) is 3.86. The third-order valence-electron chi connectivity index (χ3n) is 1.92. The van der Waals surface area contributed by atoms with Gasteiger partial charge in [-0.15, -0.1) is 5.11 Å². The summed E-state index contributed by atoms with van der Waals surface area (Å²) in [6, 6.07) is 3.04. The Balaban J connectivity index is 2.46. The monoisotopic (exact) mass is 208 g/mol. The van der Waals surface area contributed by atoms with Gasteiger partial charge >= 0.3 is 0 Å². The van der Waals surface area contributed by atoms with Gasteiger partial charge in [0.2, 0.25) is 0 Å². The Kier molecular flexibility index (Phi) is 4.53. The number of nitrogen functional groups attached to an aromatic ring is 1. The molecule has 0 amide bonds. The number of unbranched alkanes of at least 4 members (excludes halogenated alkanes) is 2. The topological polar surface area (TPSA) is 83.9 Å². The second kappa shape index (κ2) is 5.95. The lowest BCUT2D eigenvalue weighted by Gasteiger charge is -1.97. The lowest BCUT2D eigenvalue weighted by atomic mass is 10.3. The van der Waals surface area contributed by atoms with Crippen LogP contribution in [0.15, 0.2) is 22.4 Å². The molecule has 0 saturated heterocycles. The Hall–Kier alpha value is -1.65. The molecule has 0 radical (unpaired) electrons. The van der Waals surface area contributed by atoms with Gasteiger partial charge in [0.05, 0.1) is 6.54 Å². The van der Waals surface area contributed by atoms with Crippen molar-refractivity contribution in [2.24, 2.45) is 10.2 Å². The lowest BCUT2D eigenvalue weighted by molar-refractivity contribution is 0.476. The van der Waals surface area contributed by atoms with Crippen LogP contribution in [-0.2, 0) is 0 Å². The SMILES string of the molecule is CCCCC/N=N/c1ccc(O)c(N)n1. The fraction of sp³-hybridized carbons (Fsp3) is 0.500. The fourth-order valence-electron chi connectivity index (χ4n) is 1.07. The standard InChI is InChI=1S/C10H16N4O/c1-2-3-4-7-12-14-9-6-5-8(15)10(11)13-9/h5-6,15H,2-4,7H2,1H3,(H2,11,13)/b14-12+. The van der Waals surface area contributed by atoms with Crippen LogP contribution in [0.2, 0.25) is 0 Å². The number of pyridine rings is 1. The molecule has 1 rings (SSSR count). The summed E-state index contributed by atoms with van der Waals surface area (Å²) in [7, 11) is 0. The Labute approximate surface area is 89.1 Å². The van der Waals surface area contributed by atoms with Gasteiger partial charge in [0.1, 0.15) is 0 Å². The number of aromatic hydroxyl groups is 1. The normalized spacial score (nSPS) is 11.0. The predicted octanol–water partition coefficient (Wildman–Crippen LogP) is 2.64. The Morgan fingerprint density at radius 1 is 1.40 bits per heavy atom.